The Balaban J connectivity index is 1.87. The predicted molar refractivity (Wildman–Crippen MR) is 63.2 cm³/mol. The Hall–Kier alpha value is -0.800. The van der Waals surface area contributed by atoms with Crippen molar-refractivity contribution in [2.75, 3.05) is 13.1 Å². The van der Waals surface area contributed by atoms with Crippen LogP contribution < -0.4 is 0 Å². The van der Waals surface area contributed by atoms with Crippen molar-refractivity contribution < 1.29 is 9.52 Å². The van der Waals surface area contributed by atoms with Crippen LogP contribution in [0.4, 0.5) is 0 Å². The first kappa shape index (κ1) is 11.7. The van der Waals surface area contributed by atoms with Crippen LogP contribution in [0.3, 0.4) is 0 Å². The van der Waals surface area contributed by atoms with Crippen molar-refractivity contribution in [1.82, 2.24) is 4.90 Å². The van der Waals surface area contributed by atoms with E-state index in [0.29, 0.717) is 5.92 Å². The minimum Gasteiger partial charge on any atom is -0.465 e. The maximum atomic E-state index is 9.53. The summed E-state index contributed by atoms with van der Waals surface area (Å²) in [7, 11) is 0. The molecule has 0 radical (unpaired) electrons. The lowest BCUT2D eigenvalue weighted by molar-refractivity contribution is 0.126. The van der Waals surface area contributed by atoms with Crippen molar-refractivity contribution in [3.05, 3.63) is 23.7 Å². The molecular formula is C13H21NO2. The number of aryl methyl sites for hydroxylation is 1. The zero-order valence-electron chi connectivity index (χ0n) is 10.1. The van der Waals surface area contributed by atoms with E-state index in [1.165, 1.54) is 0 Å². The number of hydrogen-bond donors (Lipinski definition) is 1. The molecule has 2 rings (SSSR count). The largest absolute Gasteiger partial charge is 0.465 e. The van der Waals surface area contributed by atoms with Crippen LogP contribution in [0.5, 0.6) is 0 Å². The third kappa shape index (κ3) is 2.66. The lowest BCUT2D eigenvalue weighted by atomic mass is 10.0. The summed E-state index contributed by atoms with van der Waals surface area (Å²) in [4.78, 5) is 2.36. The van der Waals surface area contributed by atoms with Crippen LogP contribution in [0, 0.1) is 5.92 Å². The van der Waals surface area contributed by atoms with Gasteiger partial charge in [-0.25, -0.2) is 0 Å². The number of aliphatic hydroxyl groups excluding tert-OH is 1. The molecule has 3 heteroatoms. The highest BCUT2D eigenvalue weighted by Crippen LogP contribution is 2.22. The van der Waals surface area contributed by atoms with Crippen molar-refractivity contribution in [2.24, 2.45) is 5.92 Å². The van der Waals surface area contributed by atoms with E-state index in [2.05, 4.69) is 24.0 Å². The molecule has 16 heavy (non-hydrogen) atoms. The molecule has 0 amide bonds. The summed E-state index contributed by atoms with van der Waals surface area (Å²) in [6, 6.07) is 4.12. The van der Waals surface area contributed by atoms with E-state index in [4.69, 9.17) is 4.42 Å². The molecule has 1 fully saturated rings. The van der Waals surface area contributed by atoms with E-state index in [1.807, 2.05) is 6.92 Å². The number of aliphatic hydroxyl groups is 1. The van der Waals surface area contributed by atoms with Crippen LogP contribution in [0.25, 0.3) is 0 Å². The molecule has 2 unspecified atom stereocenters. The third-order valence-electron chi connectivity index (χ3n) is 3.44. The fourth-order valence-corrected chi connectivity index (χ4v) is 2.32. The molecule has 1 N–H and O–H groups in total. The minimum atomic E-state index is -0.187. The number of rotatable bonds is 4. The Kier molecular flexibility index (Phi) is 3.66. The molecule has 1 aliphatic rings. The predicted octanol–water partition coefficient (Wildman–Crippen LogP) is 2.04. The molecule has 2 atom stereocenters. The molecule has 0 saturated carbocycles. The Bertz CT molecular complexity index is 332. The number of hydrogen-bond acceptors (Lipinski definition) is 3. The maximum absolute atomic E-state index is 9.53. The first-order valence-electron chi connectivity index (χ1n) is 6.17. The summed E-state index contributed by atoms with van der Waals surface area (Å²) in [6.45, 7) is 6.92. The summed E-state index contributed by atoms with van der Waals surface area (Å²) in [5, 5.41) is 9.53. The van der Waals surface area contributed by atoms with Crippen molar-refractivity contribution >= 4 is 0 Å². The molecule has 0 aliphatic carbocycles. The summed E-state index contributed by atoms with van der Waals surface area (Å²) < 4.78 is 5.69. The number of furan rings is 1. The van der Waals surface area contributed by atoms with E-state index >= 15 is 0 Å². The smallest absolute Gasteiger partial charge is 0.118 e. The van der Waals surface area contributed by atoms with Gasteiger partial charge in [-0.15, -0.1) is 0 Å². The zero-order valence-corrected chi connectivity index (χ0v) is 10.1. The normalized spacial score (nSPS) is 23.8. The van der Waals surface area contributed by atoms with Gasteiger partial charge in [0, 0.05) is 13.0 Å². The van der Waals surface area contributed by atoms with Crippen LogP contribution in [0.1, 0.15) is 31.8 Å². The summed E-state index contributed by atoms with van der Waals surface area (Å²) in [5.41, 5.74) is 0. The van der Waals surface area contributed by atoms with E-state index < -0.39 is 0 Å². The Morgan fingerprint density at radius 2 is 2.25 bits per heavy atom. The maximum Gasteiger partial charge on any atom is 0.118 e. The van der Waals surface area contributed by atoms with Gasteiger partial charge in [0.1, 0.15) is 11.5 Å². The molecule has 0 aromatic carbocycles. The first-order chi connectivity index (χ1) is 7.69. The second kappa shape index (κ2) is 5.02. The van der Waals surface area contributed by atoms with Gasteiger partial charge in [0.05, 0.1) is 12.6 Å². The molecule has 0 spiro atoms. The first-order valence-corrected chi connectivity index (χ1v) is 6.17. The van der Waals surface area contributed by atoms with Crippen molar-refractivity contribution in [2.45, 2.75) is 39.3 Å². The summed E-state index contributed by atoms with van der Waals surface area (Å²) >= 11 is 0. The van der Waals surface area contributed by atoms with Crippen molar-refractivity contribution in [1.29, 1.82) is 0 Å². The zero-order chi connectivity index (χ0) is 11.5. The van der Waals surface area contributed by atoms with E-state index in [-0.39, 0.29) is 6.10 Å². The molecule has 90 valence electrons. The second-order valence-electron chi connectivity index (χ2n) is 4.75. The highest BCUT2D eigenvalue weighted by molar-refractivity contribution is 5.07. The average molecular weight is 223 g/mol. The van der Waals surface area contributed by atoms with Crippen LogP contribution in [0.2, 0.25) is 0 Å². The Labute approximate surface area is 97.1 Å². The van der Waals surface area contributed by atoms with Crippen molar-refractivity contribution in [3.8, 4) is 0 Å². The van der Waals surface area contributed by atoms with E-state index in [9.17, 15) is 5.11 Å². The highest BCUT2D eigenvalue weighted by Gasteiger charge is 2.26. The molecule has 3 nitrogen and oxygen atoms in total. The molecule has 1 aromatic heterocycles. The van der Waals surface area contributed by atoms with Crippen molar-refractivity contribution in [3.63, 3.8) is 0 Å². The number of nitrogens with zero attached hydrogens (tertiary/aromatic N) is 1. The molecule has 2 heterocycles. The van der Waals surface area contributed by atoms with E-state index in [1.54, 1.807) is 0 Å². The van der Waals surface area contributed by atoms with Gasteiger partial charge in [0.2, 0.25) is 0 Å². The molecule has 0 bridgehead atoms. The fraction of sp³-hybridized carbons (Fsp3) is 0.692. The standard InChI is InChI=1S/C13H21NO2/c1-3-12-4-5-13(16-12)9-14-7-6-11(8-14)10(2)15/h4-5,10-11,15H,3,6-9H2,1-2H3. The van der Waals surface area contributed by atoms with Crippen LogP contribution in [0.15, 0.2) is 16.5 Å². The molecular weight excluding hydrogens is 202 g/mol. The van der Waals surface area contributed by atoms with E-state index in [0.717, 1.165) is 44.0 Å². The monoisotopic (exact) mass is 223 g/mol. The summed E-state index contributed by atoms with van der Waals surface area (Å²) in [5.74, 6) is 2.53. The quantitative estimate of drug-likeness (QED) is 0.848. The lowest BCUT2D eigenvalue weighted by Crippen LogP contribution is -2.23. The fourth-order valence-electron chi connectivity index (χ4n) is 2.32. The topological polar surface area (TPSA) is 36.6 Å². The van der Waals surface area contributed by atoms with Gasteiger partial charge >= 0.3 is 0 Å². The average Bonchev–Trinajstić information content (AvgIpc) is 2.87. The lowest BCUT2D eigenvalue weighted by Gasteiger charge is -2.15. The SMILES string of the molecule is CCc1ccc(CN2CCC(C(C)O)C2)o1. The van der Waals surface area contributed by atoms with Crippen LogP contribution >= 0.6 is 0 Å². The minimum absolute atomic E-state index is 0.187. The van der Waals surface area contributed by atoms with Gasteiger partial charge in [-0.1, -0.05) is 6.92 Å². The Morgan fingerprint density at radius 3 is 2.81 bits per heavy atom. The third-order valence-corrected chi connectivity index (χ3v) is 3.44. The molecule has 1 saturated heterocycles. The van der Waals surface area contributed by atoms with Gasteiger partial charge in [-0.05, 0) is 37.9 Å². The second-order valence-corrected chi connectivity index (χ2v) is 4.75. The van der Waals surface area contributed by atoms with Gasteiger partial charge in [0.25, 0.3) is 0 Å². The van der Waals surface area contributed by atoms with Gasteiger partial charge in [-0.3, -0.25) is 4.90 Å². The van der Waals surface area contributed by atoms with Crippen LogP contribution in [-0.2, 0) is 13.0 Å². The van der Waals surface area contributed by atoms with Gasteiger partial charge in [0.15, 0.2) is 0 Å². The van der Waals surface area contributed by atoms with Gasteiger partial charge < -0.3 is 9.52 Å². The summed E-state index contributed by atoms with van der Waals surface area (Å²) in [6.07, 6.45) is 1.86. The Morgan fingerprint density at radius 1 is 1.50 bits per heavy atom. The molecule has 1 aliphatic heterocycles. The molecule has 1 aromatic rings. The highest BCUT2D eigenvalue weighted by atomic mass is 16.3. The van der Waals surface area contributed by atoms with Gasteiger partial charge in [-0.2, -0.15) is 0 Å². The number of likely N-dealkylation sites (tertiary alicyclic amines) is 1. The van der Waals surface area contributed by atoms with Crippen LogP contribution in [-0.4, -0.2) is 29.2 Å².